The molecular formula is C14H26N2O3. The molecule has 19 heavy (non-hydrogen) atoms. The maximum absolute atomic E-state index is 12.1. The van der Waals surface area contributed by atoms with Crippen LogP contribution < -0.4 is 5.32 Å². The van der Waals surface area contributed by atoms with E-state index in [9.17, 15) is 9.59 Å². The molecule has 0 saturated carbocycles. The second-order valence-electron chi connectivity index (χ2n) is 5.91. The molecule has 0 aliphatic carbocycles. The third-order valence-corrected chi connectivity index (χ3v) is 3.42. The van der Waals surface area contributed by atoms with Gasteiger partial charge in [0, 0.05) is 39.1 Å². The van der Waals surface area contributed by atoms with Crippen LogP contribution in [0.3, 0.4) is 0 Å². The molecule has 0 aromatic carbocycles. The van der Waals surface area contributed by atoms with E-state index in [-0.39, 0.29) is 30.4 Å². The topological polar surface area (TPSA) is 69.6 Å². The maximum atomic E-state index is 12.1. The van der Waals surface area contributed by atoms with E-state index in [0.29, 0.717) is 31.8 Å². The first-order chi connectivity index (χ1) is 8.92. The van der Waals surface area contributed by atoms with Crippen LogP contribution >= 0.6 is 0 Å². The molecule has 5 heteroatoms. The predicted molar refractivity (Wildman–Crippen MR) is 73.4 cm³/mol. The molecule has 2 unspecified atom stereocenters. The molecule has 110 valence electrons. The fourth-order valence-electron chi connectivity index (χ4n) is 2.67. The Hall–Kier alpha value is -1.10. The molecule has 1 aliphatic rings. The van der Waals surface area contributed by atoms with Crippen LogP contribution in [0.1, 0.15) is 40.0 Å². The quantitative estimate of drug-likeness (QED) is 0.775. The highest BCUT2D eigenvalue weighted by molar-refractivity contribution is 5.77. The first-order valence-electron chi connectivity index (χ1n) is 7.08. The SMILES string of the molecule is CC(=O)NC1CC(CCO)CN(C(=O)CC(C)C)C1. The van der Waals surface area contributed by atoms with Crippen molar-refractivity contribution in [1.29, 1.82) is 0 Å². The number of aliphatic hydroxyl groups is 1. The first-order valence-corrected chi connectivity index (χ1v) is 7.08. The fourth-order valence-corrected chi connectivity index (χ4v) is 2.67. The summed E-state index contributed by atoms with van der Waals surface area (Å²) in [6.07, 6.45) is 2.06. The second-order valence-corrected chi connectivity index (χ2v) is 5.91. The van der Waals surface area contributed by atoms with Crippen LogP contribution in [0.2, 0.25) is 0 Å². The standard InChI is InChI=1S/C14H26N2O3/c1-10(2)6-14(19)16-8-12(4-5-17)7-13(9-16)15-11(3)18/h10,12-13,17H,4-9H2,1-3H3,(H,15,18). The minimum atomic E-state index is -0.0640. The summed E-state index contributed by atoms with van der Waals surface area (Å²) >= 11 is 0. The summed E-state index contributed by atoms with van der Waals surface area (Å²) < 4.78 is 0. The van der Waals surface area contributed by atoms with E-state index in [2.05, 4.69) is 5.32 Å². The number of amides is 2. The van der Waals surface area contributed by atoms with Gasteiger partial charge in [-0.2, -0.15) is 0 Å². The smallest absolute Gasteiger partial charge is 0.222 e. The number of rotatable bonds is 5. The van der Waals surface area contributed by atoms with Crippen LogP contribution in [0.4, 0.5) is 0 Å². The van der Waals surface area contributed by atoms with Gasteiger partial charge in [-0.1, -0.05) is 13.8 Å². The highest BCUT2D eigenvalue weighted by Crippen LogP contribution is 2.21. The Labute approximate surface area is 115 Å². The van der Waals surface area contributed by atoms with Gasteiger partial charge in [-0.3, -0.25) is 9.59 Å². The summed E-state index contributed by atoms with van der Waals surface area (Å²) in [6, 6.07) is 0.0129. The van der Waals surface area contributed by atoms with Gasteiger partial charge < -0.3 is 15.3 Å². The van der Waals surface area contributed by atoms with Gasteiger partial charge in [-0.25, -0.2) is 0 Å². The van der Waals surface area contributed by atoms with Crippen molar-refractivity contribution in [2.24, 2.45) is 11.8 Å². The minimum absolute atomic E-state index is 0.0129. The Morgan fingerprint density at radius 3 is 2.58 bits per heavy atom. The van der Waals surface area contributed by atoms with Crippen LogP contribution in [0.5, 0.6) is 0 Å². The largest absolute Gasteiger partial charge is 0.396 e. The average molecular weight is 270 g/mol. The lowest BCUT2D eigenvalue weighted by atomic mass is 9.91. The summed E-state index contributed by atoms with van der Waals surface area (Å²) in [4.78, 5) is 25.1. The number of piperidine rings is 1. The Morgan fingerprint density at radius 1 is 1.37 bits per heavy atom. The number of aliphatic hydroxyl groups excluding tert-OH is 1. The van der Waals surface area contributed by atoms with E-state index >= 15 is 0 Å². The van der Waals surface area contributed by atoms with Crippen molar-refractivity contribution in [2.75, 3.05) is 19.7 Å². The van der Waals surface area contributed by atoms with Crippen molar-refractivity contribution in [1.82, 2.24) is 10.2 Å². The molecule has 0 spiro atoms. The number of hydrogen-bond donors (Lipinski definition) is 2. The number of nitrogens with zero attached hydrogens (tertiary/aromatic N) is 1. The molecule has 0 aromatic rings. The average Bonchev–Trinajstić information content (AvgIpc) is 2.27. The molecule has 0 aromatic heterocycles. The Morgan fingerprint density at radius 2 is 2.05 bits per heavy atom. The van der Waals surface area contributed by atoms with Crippen LogP contribution in [0.15, 0.2) is 0 Å². The molecule has 1 fully saturated rings. The fraction of sp³-hybridized carbons (Fsp3) is 0.857. The van der Waals surface area contributed by atoms with E-state index in [1.54, 1.807) is 0 Å². The molecule has 5 nitrogen and oxygen atoms in total. The molecule has 0 radical (unpaired) electrons. The minimum Gasteiger partial charge on any atom is -0.396 e. The van der Waals surface area contributed by atoms with Gasteiger partial charge in [0.05, 0.1) is 0 Å². The second kappa shape index (κ2) is 7.48. The number of carbonyl (C=O) groups is 2. The first kappa shape index (κ1) is 16.0. The summed E-state index contributed by atoms with van der Waals surface area (Å²) in [5.74, 6) is 0.690. The predicted octanol–water partition coefficient (Wildman–Crippen LogP) is 0.768. The summed E-state index contributed by atoms with van der Waals surface area (Å²) in [5.41, 5.74) is 0. The molecule has 1 aliphatic heterocycles. The number of likely N-dealkylation sites (tertiary alicyclic amines) is 1. The van der Waals surface area contributed by atoms with Crippen molar-refractivity contribution in [3.63, 3.8) is 0 Å². The third-order valence-electron chi connectivity index (χ3n) is 3.42. The van der Waals surface area contributed by atoms with E-state index in [1.807, 2.05) is 18.7 Å². The van der Waals surface area contributed by atoms with Crippen LogP contribution in [0, 0.1) is 11.8 Å². The Kier molecular flexibility index (Phi) is 6.28. The van der Waals surface area contributed by atoms with Gasteiger partial charge >= 0.3 is 0 Å². The van der Waals surface area contributed by atoms with E-state index in [0.717, 1.165) is 6.42 Å². The Balaban J connectivity index is 2.63. The summed E-state index contributed by atoms with van der Waals surface area (Å²) in [7, 11) is 0. The van der Waals surface area contributed by atoms with Crippen molar-refractivity contribution >= 4 is 11.8 Å². The highest BCUT2D eigenvalue weighted by atomic mass is 16.3. The van der Waals surface area contributed by atoms with E-state index in [4.69, 9.17) is 5.11 Å². The van der Waals surface area contributed by atoms with Crippen molar-refractivity contribution in [3.8, 4) is 0 Å². The van der Waals surface area contributed by atoms with Crippen LogP contribution in [-0.2, 0) is 9.59 Å². The van der Waals surface area contributed by atoms with Gasteiger partial charge in [-0.15, -0.1) is 0 Å². The maximum Gasteiger partial charge on any atom is 0.222 e. The summed E-state index contributed by atoms with van der Waals surface area (Å²) in [5, 5.41) is 12.0. The molecule has 2 atom stereocenters. The Bertz CT molecular complexity index is 318. The zero-order chi connectivity index (χ0) is 14.4. The van der Waals surface area contributed by atoms with Gasteiger partial charge in [0.1, 0.15) is 0 Å². The zero-order valence-electron chi connectivity index (χ0n) is 12.2. The molecule has 2 N–H and O–H groups in total. The molecule has 1 heterocycles. The van der Waals surface area contributed by atoms with Crippen molar-refractivity contribution in [2.45, 2.75) is 46.1 Å². The lowest BCUT2D eigenvalue weighted by molar-refractivity contribution is -0.135. The summed E-state index contributed by atoms with van der Waals surface area (Å²) in [6.45, 7) is 6.96. The molecule has 1 rings (SSSR count). The number of carbonyl (C=O) groups excluding carboxylic acids is 2. The number of hydrogen-bond acceptors (Lipinski definition) is 3. The number of nitrogens with one attached hydrogen (secondary N) is 1. The van der Waals surface area contributed by atoms with Crippen molar-refractivity contribution in [3.05, 3.63) is 0 Å². The molecule has 2 amide bonds. The van der Waals surface area contributed by atoms with Crippen LogP contribution in [-0.4, -0.2) is 47.6 Å². The van der Waals surface area contributed by atoms with Crippen LogP contribution in [0.25, 0.3) is 0 Å². The molecule has 0 bridgehead atoms. The van der Waals surface area contributed by atoms with Gasteiger partial charge in [0.15, 0.2) is 0 Å². The lowest BCUT2D eigenvalue weighted by Crippen LogP contribution is -2.52. The van der Waals surface area contributed by atoms with Gasteiger partial charge in [-0.05, 0) is 24.7 Å². The van der Waals surface area contributed by atoms with E-state index in [1.165, 1.54) is 6.92 Å². The van der Waals surface area contributed by atoms with Gasteiger partial charge in [0.25, 0.3) is 0 Å². The van der Waals surface area contributed by atoms with Gasteiger partial charge in [0.2, 0.25) is 11.8 Å². The van der Waals surface area contributed by atoms with Crippen molar-refractivity contribution < 1.29 is 14.7 Å². The monoisotopic (exact) mass is 270 g/mol. The third kappa shape index (κ3) is 5.59. The zero-order valence-corrected chi connectivity index (χ0v) is 12.2. The molecular weight excluding hydrogens is 244 g/mol. The lowest BCUT2D eigenvalue weighted by Gasteiger charge is -2.38. The normalized spacial score (nSPS) is 23.5. The van der Waals surface area contributed by atoms with E-state index < -0.39 is 0 Å². The molecule has 1 saturated heterocycles. The highest BCUT2D eigenvalue weighted by Gasteiger charge is 2.30.